The fourth-order valence-electron chi connectivity index (χ4n) is 0.775. The molecule has 0 amide bonds. The zero-order chi connectivity index (χ0) is 12.6. The lowest BCUT2D eigenvalue weighted by molar-refractivity contribution is -0.139. The van der Waals surface area contributed by atoms with Gasteiger partial charge < -0.3 is 13.8 Å². The second-order valence-corrected chi connectivity index (χ2v) is 5.58. The van der Waals surface area contributed by atoms with Gasteiger partial charge in [0, 0.05) is 19.3 Å². The maximum atomic E-state index is 11.3. The van der Waals surface area contributed by atoms with Gasteiger partial charge in [-0.2, -0.15) is 0 Å². The van der Waals surface area contributed by atoms with Crippen molar-refractivity contribution in [2.24, 2.45) is 0 Å². The first-order valence-electron chi connectivity index (χ1n) is 4.99. The molecule has 1 unspecified atom stereocenters. The van der Waals surface area contributed by atoms with E-state index in [1.807, 2.05) is 0 Å². The Hall–Kier alpha value is -0.640. The number of esters is 1. The SMILES string of the molecule is C=C(C)C(=O)OCCCCOP(C)(=O)OC. The van der Waals surface area contributed by atoms with Crippen LogP contribution in [-0.4, -0.2) is 33.0 Å². The van der Waals surface area contributed by atoms with E-state index in [0.29, 0.717) is 31.6 Å². The zero-order valence-electron chi connectivity index (χ0n) is 10.0. The molecule has 0 saturated carbocycles. The van der Waals surface area contributed by atoms with Crippen LogP contribution in [0.1, 0.15) is 19.8 Å². The van der Waals surface area contributed by atoms with Gasteiger partial charge in [-0.3, -0.25) is 4.57 Å². The highest BCUT2D eigenvalue weighted by molar-refractivity contribution is 7.52. The molecule has 0 bridgehead atoms. The summed E-state index contributed by atoms with van der Waals surface area (Å²) >= 11 is 0. The summed E-state index contributed by atoms with van der Waals surface area (Å²) in [7, 11) is -1.54. The number of hydrogen-bond acceptors (Lipinski definition) is 5. The Morgan fingerprint density at radius 2 is 1.88 bits per heavy atom. The minimum absolute atomic E-state index is 0.316. The molecule has 0 heterocycles. The molecule has 16 heavy (non-hydrogen) atoms. The third-order valence-electron chi connectivity index (χ3n) is 1.78. The third-order valence-corrected chi connectivity index (χ3v) is 3.09. The van der Waals surface area contributed by atoms with Crippen molar-refractivity contribution < 1.29 is 23.1 Å². The van der Waals surface area contributed by atoms with Crippen LogP contribution in [0.4, 0.5) is 0 Å². The van der Waals surface area contributed by atoms with Crippen molar-refractivity contribution in [2.75, 3.05) is 27.0 Å². The van der Waals surface area contributed by atoms with Crippen LogP contribution in [0.2, 0.25) is 0 Å². The molecule has 0 aliphatic carbocycles. The highest BCUT2D eigenvalue weighted by Gasteiger charge is 2.13. The van der Waals surface area contributed by atoms with E-state index < -0.39 is 7.60 Å². The monoisotopic (exact) mass is 250 g/mol. The average molecular weight is 250 g/mol. The fourth-order valence-corrected chi connectivity index (χ4v) is 1.34. The van der Waals surface area contributed by atoms with Gasteiger partial charge >= 0.3 is 13.6 Å². The van der Waals surface area contributed by atoms with Gasteiger partial charge in [-0.1, -0.05) is 6.58 Å². The molecule has 0 aromatic carbocycles. The van der Waals surface area contributed by atoms with Crippen molar-refractivity contribution in [3.05, 3.63) is 12.2 Å². The number of ether oxygens (including phenoxy) is 1. The van der Waals surface area contributed by atoms with Crippen LogP contribution in [0.15, 0.2) is 12.2 Å². The van der Waals surface area contributed by atoms with Crippen LogP contribution in [-0.2, 0) is 23.1 Å². The zero-order valence-corrected chi connectivity index (χ0v) is 10.9. The molecule has 1 atom stereocenters. The van der Waals surface area contributed by atoms with Crippen molar-refractivity contribution in [3.8, 4) is 0 Å². The van der Waals surface area contributed by atoms with Crippen LogP contribution in [0.25, 0.3) is 0 Å². The molecule has 0 radical (unpaired) electrons. The highest BCUT2D eigenvalue weighted by Crippen LogP contribution is 2.42. The van der Waals surface area contributed by atoms with Gasteiger partial charge in [-0.15, -0.1) is 0 Å². The summed E-state index contributed by atoms with van der Waals surface area (Å²) in [5.74, 6) is -0.390. The molecule has 0 spiro atoms. The van der Waals surface area contributed by atoms with Crippen LogP contribution < -0.4 is 0 Å². The average Bonchev–Trinajstić information content (AvgIpc) is 2.22. The predicted molar refractivity (Wildman–Crippen MR) is 61.5 cm³/mol. The minimum atomic E-state index is -2.88. The Morgan fingerprint density at radius 1 is 1.31 bits per heavy atom. The van der Waals surface area contributed by atoms with E-state index in [4.69, 9.17) is 9.26 Å². The molecule has 0 rings (SSSR count). The molecule has 0 aliphatic heterocycles. The Bertz CT molecular complexity index is 287. The predicted octanol–water partition coefficient (Wildman–Crippen LogP) is 2.37. The molecule has 0 fully saturated rings. The molecular formula is C10H19O5P. The topological polar surface area (TPSA) is 61.8 Å². The second-order valence-electron chi connectivity index (χ2n) is 3.41. The van der Waals surface area contributed by atoms with Gasteiger partial charge in [0.15, 0.2) is 0 Å². The van der Waals surface area contributed by atoms with E-state index in [9.17, 15) is 9.36 Å². The summed E-state index contributed by atoms with van der Waals surface area (Å²) in [5, 5.41) is 0. The maximum absolute atomic E-state index is 11.3. The van der Waals surface area contributed by atoms with Gasteiger partial charge in [0.05, 0.1) is 13.2 Å². The molecule has 0 aliphatic rings. The summed E-state index contributed by atoms with van der Waals surface area (Å²) in [5.41, 5.74) is 0.383. The van der Waals surface area contributed by atoms with Crippen molar-refractivity contribution >= 4 is 13.6 Å². The lowest BCUT2D eigenvalue weighted by Gasteiger charge is -2.10. The summed E-state index contributed by atoms with van der Waals surface area (Å²) in [4.78, 5) is 11.0. The molecular weight excluding hydrogens is 231 g/mol. The third kappa shape index (κ3) is 7.63. The molecule has 6 heteroatoms. The number of hydrogen-bond donors (Lipinski definition) is 0. The van der Waals surface area contributed by atoms with Crippen molar-refractivity contribution in [3.63, 3.8) is 0 Å². The Balaban J connectivity index is 3.45. The van der Waals surface area contributed by atoms with E-state index in [2.05, 4.69) is 11.1 Å². The quantitative estimate of drug-likeness (QED) is 0.286. The van der Waals surface area contributed by atoms with E-state index in [1.54, 1.807) is 6.92 Å². The second kappa shape index (κ2) is 7.60. The summed E-state index contributed by atoms with van der Waals surface area (Å²) in [6.45, 7) is 7.11. The number of carbonyl (C=O) groups is 1. The fraction of sp³-hybridized carbons (Fsp3) is 0.700. The Labute approximate surface area is 96.3 Å². The Morgan fingerprint density at radius 3 is 2.38 bits per heavy atom. The van der Waals surface area contributed by atoms with E-state index >= 15 is 0 Å². The molecule has 0 aromatic heterocycles. The number of rotatable bonds is 8. The first-order chi connectivity index (χ1) is 7.39. The van der Waals surface area contributed by atoms with Gasteiger partial charge in [-0.25, -0.2) is 4.79 Å². The van der Waals surface area contributed by atoms with E-state index in [0.717, 1.165) is 0 Å². The molecule has 0 N–H and O–H groups in total. The first-order valence-corrected chi connectivity index (χ1v) is 6.98. The van der Waals surface area contributed by atoms with Gasteiger partial charge in [0.1, 0.15) is 0 Å². The van der Waals surface area contributed by atoms with Crippen LogP contribution >= 0.6 is 7.60 Å². The number of unbranched alkanes of at least 4 members (excludes halogenated alkanes) is 1. The maximum Gasteiger partial charge on any atom is 0.333 e. The van der Waals surface area contributed by atoms with E-state index in [-0.39, 0.29) is 5.97 Å². The summed E-state index contributed by atoms with van der Waals surface area (Å²) in [6, 6.07) is 0. The Kier molecular flexibility index (Phi) is 7.30. The summed E-state index contributed by atoms with van der Waals surface area (Å²) in [6.07, 6.45) is 1.31. The highest BCUT2D eigenvalue weighted by atomic mass is 31.2. The van der Waals surface area contributed by atoms with Crippen LogP contribution in [0.5, 0.6) is 0 Å². The lowest BCUT2D eigenvalue weighted by Crippen LogP contribution is -2.06. The first kappa shape index (κ1) is 15.4. The molecule has 0 aromatic rings. The van der Waals surface area contributed by atoms with Crippen LogP contribution in [0, 0.1) is 0 Å². The van der Waals surface area contributed by atoms with Gasteiger partial charge in [-0.05, 0) is 19.8 Å². The largest absolute Gasteiger partial charge is 0.462 e. The normalized spacial score (nSPS) is 14.2. The van der Waals surface area contributed by atoms with Gasteiger partial charge in [0.25, 0.3) is 0 Å². The standard InChI is InChI=1S/C10H19O5P/c1-9(2)10(11)14-7-5-6-8-15-16(4,12)13-3/h1,5-8H2,2-4H3. The van der Waals surface area contributed by atoms with Crippen molar-refractivity contribution in [2.45, 2.75) is 19.8 Å². The number of carbonyl (C=O) groups excluding carboxylic acids is 1. The van der Waals surface area contributed by atoms with E-state index in [1.165, 1.54) is 13.8 Å². The molecule has 0 saturated heterocycles. The summed E-state index contributed by atoms with van der Waals surface area (Å²) < 4.78 is 25.8. The van der Waals surface area contributed by atoms with Crippen molar-refractivity contribution in [1.29, 1.82) is 0 Å². The van der Waals surface area contributed by atoms with Crippen molar-refractivity contribution in [1.82, 2.24) is 0 Å². The van der Waals surface area contributed by atoms with Crippen LogP contribution in [0.3, 0.4) is 0 Å². The smallest absolute Gasteiger partial charge is 0.333 e. The molecule has 94 valence electrons. The lowest BCUT2D eigenvalue weighted by atomic mass is 10.3. The molecule has 5 nitrogen and oxygen atoms in total. The minimum Gasteiger partial charge on any atom is -0.462 e. The van der Waals surface area contributed by atoms with Gasteiger partial charge in [0.2, 0.25) is 0 Å².